The maximum absolute atomic E-state index is 14.8. The quantitative estimate of drug-likeness (QED) is 0.203. The van der Waals surface area contributed by atoms with Crippen molar-refractivity contribution in [2.45, 2.75) is 31.6 Å². The lowest BCUT2D eigenvalue weighted by Crippen LogP contribution is -2.42. The van der Waals surface area contributed by atoms with Crippen LogP contribution in [-0.4, -0.2) is 50.8 Å². The second-order valence-corrected chi connectivity index (χ2v) is 11.8. The second kappa shape index (κ2) is 12.1. The Kier molecular flexibility index (Phi) is 7.84. The van der Waals surface area contributed by atoms with Gasteiger partial charge in [0.15, 0.2) is 11.5 Å². The number of rotatable bonds is 7. The molecule has 2 aliphatic heterocycles. The summed E-state index contributed by atoms with van der Waals surface area (Å²) in [5.74, 6) is -0.336. The molecule has 7 nitrogen and oxygen atoms in total. The van der Waals surface area contributed by atoms with E-state index in [0.29, 0.717) is 24.5 Å². The molecule has 1 spiro atoms. The van der Waals surface area contributed by atoms with E-state index in [1.165, 1.54) is 0 Å². The second-order valence-electron chi connectivity index (χ2n) is 11.8. The molecule has 7 rings (SSSR count). The average molecular weight is 628 g/mol. The normalized spacial score (nSPS) is 17.1. The number of esters is 2. The molecule has 1 unspecified atom stereocenters. The van der Waals surface area contributed by atoms with Crippen LogP contribution in [-0.2, 0) is 30.9 Å². The number of ether oxygens (including phenoxy) is 4. The smallest absolute Gasteiger partial charge is 0.355 e. The molecule has 0 aromatic heterocycles. The summed E-state index contributed by atoms with van der Waals surface area (Å²) in [6.45, 7) is 4.30. The van der Waals surface area contributed by atoms with Crippen LogP contribution in [0, 0.1) is 0 Å². The molecule has 3 aliphatic rings. The predicted octanol–water partition coefficient (Wildman–Crippen LogP) is 7.05. The zero-order valence-corrected chi connectivity index (χ0v) is 27.0. The van der Waals surface area contributed by atoms with Gasteiger partial charge in [0.25, 0.3) is 0 Å². The van der Waals surface area contributed by atoms with Gasteiger partial charge in [0.2, 0.25) is 0 Å². The van der Waals surface area contributed by atoms with Crippen molar-refractivity contribution in [1.82, 2.24) is 4.90 Å². The molecule has 47 heavy (non-hydrogen) atoms. The molecule has 0 N–H and O–H groups in total. The van der Waals surface area contributed by atoms with Crippen molar-refractivity contribution in [3.63, 3.8) is 0 Å². The Morgan fingerprint density at radius 1 is 0.745 bits per heavy atom. The highest BCUT2D eigenvalue weighted by atomic mass is 16.5. The highest BCUT2D eigenvalue weighted by molar-refractivity contribution is 6.07. The largest absolute Gasteiger partial charge is 0.493 e. The molecule has 2 heterocycles. The van der Waals surface area contributed by atoms with E-state index in [1.807, 2.05) is 59.5 Å². The van der Waals surface area contributed by atoms with Crippen LogP contribution in [0.2, 0.25) is 0 Å². The Balaban J connectivity index is 1.69. The van der Waals surface area contributed by atoms with Crippen molar-refractivity contribution in [1.29, 1.82) is 0 Å². The SMILES string of the molecule is CCOC(=O)C1=C(C(=O)OCC)C2(c3ccccc3-c3ccccc32)C(c2ccccc2)C=C2c3cc(OC)c(OC)cc3CCN21. The van der Waals surface area contributed by atoms with Crippen LogP contribution in [0.3, 0.4) is 0 Å². The molecule has 0 saturated heterocycles. The highest BCUT2D eigenvalue weighted by Gasteiger charge is 2.58. The van der Waals surface area contributed by atoms with Gasteiger partial charge in [-0.3, -0.25) is 0 Å². The van der Waals surface area contributed by atoms with E-state index in [1.54, 1.807) is 28.1 Å². The molecule has 4 aromatic carbocycles. The van der Waals surface area contributed by atoms with Crippen molar-refractivity contribution >= 4 is 17.6 Å². The first-order valence-corrected chi connectivity index (χ1v) is 16.1. The molecule has 238 valence electrons. The third-order valence-corrected chi connectivity index (χ3v) is 9.57. The van der Waals surface area contributed by atoms with Gasteiger partial charge in [-0.25, -0.2) is 9.59 Å². The molecule has 0 amide bonds. The lowest BCUT2D eigenvalue weighted by molar-refractivity contribution is -0.143. The van der Waals surface area contributed by atoms with Crippen LogP contribution in [0.25, 0.3) is 16.8 Å². The van der Waals surface area contributed by atoms with E-state index in [2.05, 4.69) is 42.5 Å². The number of allylic oxidation sites excluding steroid dienone is 1. The lowest BCUT2D eigenvalue weighted by atomic mass is 9.61. The van der Waals surface area contributed by atoms with Gasteiger partial charge in [-0.15, -0.1) is 0 Å². The summed E-state index contributed by atoms with van der Waals surface area (Å²) in [5, 5.41) is 0. The highest BCUT2D eigenvalue weighted by Crippen LogP contribution is 2.62. The minimum Gasteiger partial charge on any atom is -0.493 e. The number of hydrogen-bond donors (Lipinski definition) is 0. The van der Waals surface area contributed by atoms with Gasteiger partial charge < -0.3 is 23.8 Å². The number of carbonyl (C=O) groups excluding carboxylic acids is 2. The van der Waals surface area contributed by atoms with E-state index >= 15 is 0 Å². The van der Waals surface area contributed by atoms with Gasteiger partial charge in [-0.2, -0.15) is 0 Å². The van der Waals surface area contributed by atoms with Gasteiger partial charge in [0.05, 0.1) is 38.4 Å². The number of carbonyl (C=O) groups is 2. The van der Waals surface area contributed by atoms with Crippen molar-refractivity contribution in [2.75, 3.05) is 34.0 Å². The Morgan fingerprint density at radius 3 is 1.94 bits per heavy atom. The van der Waals surface area contributed by atoms with E-state index in [-0.39, 0.29) is 24.5 Å². The molecule has 0 bridgehead atoms. The van der Waals surface area contributed by atoms with E-state index in [4.69, 9.17) is 18.9 Å². The summed E-state index contributed by atoms with van der Waals surface area (Å²) in [5.41, 5.74) is 6.98. The molecule has 7 heteroatoms. The summed E-state index contributed by atoms with van der Waals surface area (Å²) in [4.78, 5) is 31.2. The molecular formula is C40H37NO6. The summed E-state index contributed by atoms with van der Waals surface area (Å²) in [6, 6.07) is 30.5. The van der Waals surface area contributed by atoms with Crippen molar-refractivity contribution in [3.05, 3.63) is 136 Å². The first kappa shape index (κ1) is 30.4. The van der Waals surface area contributed by atoms with Crippen molar-refractivity contribution < 1.29 is 28.5 Å². The molecule has 0 saturated carbocycles. The average Bonchev–Trinajstić information content (AvgIpc) is 3.31. The summed E-state index contributed by atoms with van der Waals surface area (Å²) in [7, 11) is 3.24. The Bertz CT molecular complexity index is 1900. The fourth-order valence-electron chi connectivity index (χ4n) is 7.79. The lowest BCUT2D eigenvalue weighted by Gasteiger charge is -2.40. The fraction of sp³-hybridized carbons (Fsp3) is 0.250. The van der Waals surface area contributed by atoms with Crippen LogP contribution in [0.1, 0.15) is 47.6 Å². The Hall–Kier alpha value is -5.30. The van der Waals surface area contributed by atoms with Crippen LogP contribution in [0.4, 0.5) is 0 Å². The van der Waals surface area contributed by atoms with Gasteiger partial charge in [0, 0.05) is 23.7 Å². The van der Waals surface area contributed by atoms with Gasteiger partial charge in [0.1, 0.15) is 5.70 Å². The zero-order valence-electron chi connectivity index (χ0n) is 27.0. The topological polar surface area (TPSA) is 74.3 Å². The van der Waals surface area contributed by atoms with E-state index in [9.17, 15) is 9.59 Å². The monoisotopic (exact) mass is 627 g/mol. The zero-order chi connectivity index (χ0) is 32.7. The number of methoxy groups -OCH3 is 2. The molecule has 1 atom stereocenters. The summed E-state index contributed by atoms with van der Waals surface area (Å²) in [6.07, 6.45) is 2.83. The van der Waals surface area contributed by atoms with Crippen LogP contribution >= 0.6 is 0 Å². The van der Waals surface area contributed by atoms with Gasteiger partial charge in [-0.05, 0) is 65.8 Å². The number of hydrogen-bond acceptors (Lipinski definition) is 7. The third-order valence-electron chi connectivity index (χ3n) is 9.57. The molecule has 4 aromatic rings. The minimum atomic E-state index is -1.13. The summed E-state index contributed by atoms with van der Waals surface area (Å²) >= 11 is 0. The summed E-state index contributed by atoms with van der Waals surface area (Å²) < 4.78 is 23.2. The van der Waals surface area contributed by atoms with Crippen molar-refractivity contribution in [2.24, 2.45) is 0 Å². The Labute approximate surface area is 275 Å². The molecule has 0 fully saturated rings. The maximum Gasteiger partial charge on any atom is 0.355 e. The van der Waals surface area contributed by atoms with Crippen molar-refractivity contribution in [3.8, 4) is 22.6 Å². The maximum atomic E-state index is 14.8. The van der Waals surface area contributed by atoms with Gasteiger partial charge >= 0.3 is 11.9 Å². The van der Waals surface area contributed by atoms with Gasteiger partial charge in [-0.1, -0.05) is 84.9 Å². The number of benzene rings is 4. The molecular weight excluding hydrogens is 590 g/mol. The van der Waals surface area contributed by atoms with E-state index < -0.39 is 23.3 Å². The number of fused-ring (bicyclic) bond motifs is 8. The molecule has 0 radical (unpaired) electrons. The Morgan fingerprint density at radius 2 is 1.32 bits per heavy atom. The van der Waals surface area contributed by atoms with E-state index in [0.717, 1.165) is 44.6 Å². The fourth-order valence-corrected chi connectivity index (χ4v) is 7.79. The third kappa shape index (κ3) is 4.55. The van der Waals surface area contributed by atoms with Crippen LogP contribution in [0.5, 0.6) is 11.5 Å². The minimum absolute atomic E-state index is 0.147. The first-order chi connectivity index (χ1) is 23.0. The van der Waals surface area contributed by atoms with Crippen LogP contribution < -0.4 is 9.47 Å². The van der Waals surface area contributed by atoms with Crippen LogP contribution in [0.15, 0.2) is 108 Å². The standard InChI is InChI=1S/C40H37NO6/c1-5-46-38(42)36-37(39(43)47-6-2)41-21-20-26-22-34(44-3)35(45-4)23-29(26)33(41)24-32(25-14-8-7-9-15-25)40(36)30-18-12-10-16-27(30)28-17-11-13-19-31(28)40/h7-19,22-24,32H,5-6,20-21H2,1-4H3. The number of nitrogens with zero attached hydrogens (tertiary/aromatic N) is 1. The molecule has 1 aliphatic carbocycles. The predicted molar refractivity (Wildman–Crippen MR) is 180 cm³/mol. The first-order valence-electron chi connectivity index (χ1n) is 16.1.